The topological polar surface area (TPSA) is 92.4 Å². The van der Waals surface area contributed by atoms with Crippen LogP contribution in [-0.4, -0.2) is 34.7 Å². The molecule has 3 aromatic rings. The van der Waals surface area contributed by atoms with E-state index in [1.807, 2.05) is 54.1 Å². The maximum absolute atomic E-state index is 12.6. The third-order valence-corrected chi connectivity index (χ3v) is 5.52. The van der Waals surface area contributed by atoms with Gasteiger partial charge in [0.1, 0.15) is 11.4 Å². The number of furan rings is 1. The van der Waals surface area contributed by atoms with Crippen molar-refractivity contribution in [3.8, 4) is 5.69 Å². The maximum Gasteiger partial charge on any atom is 0.223 e. The summed E-state index contributed by atoms with van der Waals surface area (Å²) in [6.45, 7) is 5.19. The smallest absolute Gasteiger partial charge is 0.223 e. The molecule has 2 N–H and O–H groups in total. The molecule has 31 heavy (non-hydrogen) atoms. The first-order valence-electron chi connectivity index (χ1n) is 10.5. The lowest BCUT2D eigenvalue weighted by atomic mass is 9.95. The normalized spacial score (nSPS) is 14.5. The standard InChI is InChI=1S/C23H27N5O3/c1-16-21(25-17(2)29)23(28(26-16)19-7-4-3-5-8-19)27-12-10-18(11-13-27)22(30)24-15-20-9-6-14-31-20/h3-9,14,18H,10-13,15H2,1-2H3,(H,24,30)(H,25,29). The fourth-order valence-corrected chi connectivity index (χ4v) is 3.96. The van der Waals surface area contributed by atoms with E-state index in [2.05, 4.69) is 15.5 Å². The summed E-state index contributed by atoms with van der Waals surface area (Å²) in [4.78, 5) is 26.6. The highest BCUT2D eigenvalue weighted by molar-refractivity contribution is 5.93. The molecule has 162 valence electrons. The Kier molecular flexibility index (Phi) is 6.06. The van der Waals surface area contributed by atoms with Crippen molar-refractivity contribution in [2.75, 3.05) is 23.3 Å². The number of nitrogens with zero attached hydrogens (tertiary/aromatic N) is 3. The number of rotatable bonds is 6. The third-order valence-electron chi connectivity index (χ3n) is 5.52. The Balaban J connectivity index is 1.50. The average molecular weight is 422 g/mol. The van der Waals surface area contributed by atoms with Crippen LogP contribution in [0.2, 0.25) is 0 Å². The van der Waals surface area contributed by atoms with Crippen LogP contribution in [0.1, 0.15) is 31.2 Å². The van der Waals surface area contributed by atoms with Crippen LogP contribution in [0.15, 0.2) is 53.1 Å². The van der Waals surface area contributed by atoms with Crippen LogP contribution in [0.4, 0.5) is 11.5 Å². The third kappa shape index (κ3) is 4.63. The SMILES string of the molecule is CC(=O)Nc1c(C)nn(-c2ccccc2)c1N1CCC(C(=O)NCc2ccco2)CC1. The highest BCUT2D eigenvalue weighted by Gasteiger charge is 2.29. The number of amides is 2. The highest BCUT2D eigenvalue weighted by Crippen LogP contribution is 2.34. The van der Waals surface area contributed by atoms with Gasteiger partial charge in [0.2, 0.25) is 11.8 Å². The van der Waals surface area contributed by atoms with Gasteiger partial charge in [0.25, 0.3) is 0 Å². The summed E-state index contributed by atoms with van der Waals surface area (Å²) >= 11 is 0. The largest absolute Gasteiger partial charge is 0.467 e. The first kappa shape index (κ1) is 20.7. The minimum Gasteiger partial charge on any atom is -0.467 e. The van der Waals surface area contributed by atoms with Gasteiger partial charge in [-0.05, 0) is 44.0 Å². The summed E-state index contributed by atoms with van der Waals surface area (Å²) in [6, 6.07) is 13.5. The quantitative estimate of drug-likeness (QED) is 0.637. The molecule has 1 aliphatic heterocycles. The van der Waals surface area contributed by atoms with Crippen molar-refractivity contribution in [1.82, 2.24) is 15.1 Å². The van der Waals surface area contributed by atoms with E-state index in [0.717, 1.165) is 41.5 Å². The first-order valence-corrected chi connectivity index (χ1v) is 10.5. The van der Waals surface area contributed by atoms with Gasteiger partial charge in [-0.15, -0.1) is 0 Å². The van der Waals surface area contributed by atoms with E-state index in [1.54, 1.807) is 6.26 Å². The van der Waals surface area contributed by atoms with Crippen molar-refractivity contribution in [1.29, 1.82) is 0 Å². The molecule has 1 fully saturated rings. The molecule has 0 bridgehead atoms. The molecule has 1 aliphatic rings. The fourth-order valence-electron chi connectivity index (χ4n) is 3.96. The fraction of sp³-hybridized carbons (Fsp3) is 0.348. The van der Waals surface area contributed by atoms with E-state index in [4.69, 9.17) is 9.52 Å². The van der Waals surface area contributed by atoms with Crippen molar-refractivity contribution in [3.05, 3.63) is 60.2 Å². The molecule has 0 spiro atoms. The summed E-state index contributed by atoms with van der Waals surface area (Å²) in [5.74, 6) is 1.46. The van der Waals surface area contributed by atoms with Crippen molar-refractivity contribution in [3.63, 3.8) is 0 Å². The summed E-state index contributed by atoms with van der Waals surface area (Å²) in [6.07, 6.45) is 3.05. The van der Waals surface area contributed by atoms with E-state index in [-0.39, 0.29) is 17.7 Å². The molecule has 0 atom stereocenters. The molecule has 1 aromatic carbocycles. The van der Waals surface area contributed by atoms with Crippen LogP contribution in [0, 0.1) is 12.8 Å². The maximum atomic E-state index is 12.6. The van der Waals surface area contributed by atoms with Gasteiger partial charge in [-0.1, -0.05) is 18.2 Å². The molecule has 0 saturated carbocycles. The molecular formula is C23H27N5O3. The number of anilines is 2. The molecule has 2 aromatic heterocycles. The summed E-state index contributed by atoms with van der Waals surface area (Å²) in [5.41, 5.74) is 2.40. The predicted octanol–water partition coefficient (Wildman–Crippen LogP) is 3.26. The predicted molar refractivity (Wildman–Crippen MR) is 118 cm³/mol. The summed E-state index contributed by atoms with van der Waals surface area (Å²) in [7, 11) is 0. The van der Waals surface area contributed by atoms with Gasteiger partial charge < -0.3 is 20.0 Å². The molecule has 8 nitrogen and oxygen atoms in total. The molecule has 2 amide bonds. The van der Waals surface area contributed by atoms with Gasteiger partial charge in [0.05, 0.1) is 24.2 Å². The lowest BCUT2D eigenvalue weighted by molar-refractivity contribution is -0.125. The Hall–Kier alpha value is -3.55. The van der Waals surface area contributed by atoms with Crippen molar-refractivity contribution >= 4 is 23.3 Å². The number of hydrogen-bond donors (Lipinski definition) is 2. The highest BCUT2D eigenvalue weighted by atomic mass is 16.3. The van der Waals surface area contributed by atoms with Crippen LogP contribution in [0.3, 0.4) is 0 Å². The Morgan fingerprint density at radius 3 is 2.52 bits per heavy atom. The van der Waals surface area contributed by atoms with E-state index in [9.17, 15) is 9.59 Å². The number of aromatic nitrogens is 2. The molecule has 8 heteroatoms. The minimum atomic E-state index is -0.135. The van der Waals surface area contributed by atoms with Crippen LogP contribution in [0.25, 0.3) is 5.69 Å². The van der Waals surface area contributed by atoms with E-state index in [0.29, 0.717) is 19.6 Å². The lowest BCUT2D eigenvalue weighted by Gasteiger charge is -2.33. The molecule has 0 aliphatic carbocycles. The van der Waals surface area contributed by atoms with Crippen molar-refractivity contribution < 1.29 is 14.0 Å². The van der Waals surface area contributed by atoms with Gasteiger partial charge in [0.15, 0.2) is 5.82 Å². The number of para-hydroxylation sites is 1. The number of carbonyl (C=O) groups excluding carboxylic acids is 2. The molecule has 0 radical (unpaired) electrons. The first-order chi connectivity index (χ1) is 15.0. The van der Waals surface area contributed by atoms with Gasteiger partial charge >= 0.3 is 0 Å². The Morgan fingerprint density at radius 2 is 1.87 bits per heavy atom. The van der Waals surface area contributed by atoms with Crippen LogP contribution in [-0.2, 0) is 16.1 Å². The number of nitrogens with one attached hydrogen (secondary N) is 2. The molecule has 1 saturated heterocycles. The monoisotopic (exact) mass is 421 g/mol. The molecule has 0 unspecified atom stereocenters. The van der Waals surface area contributed by atoms with Crippen LogP contribution in [0.5, 0.6) is 0 Å². The van der Waals surface area contributed by atoms with Crippen molar-refractivity contribution in [2.24, 2.45) is 5.92 Å². The zero-order chi connectivity index (χ0) is 21.8. The number of carbonyl (C=O) groups is 2. The zero-order valence-electron chi connectivity index (χ0n) is 17.8. The van der Waals surface area contributed by atoms with Crippen LogP contribution < -0.4 is 15.5 Å². The van der Waals surface area contributed by atoms with Crippen molar-refractivity contribution in [2.45, 2.75) is 33.2 Å². The van der Waals surface area contributed by atoms with Gasteiger partial charge in [0, 0.05) is 25.9 Å². The second kappa shape index (κ2) is 9.07. The summed E-state index contributed by atoms with van der Waals surface area (Å²) in [5, 5.41) is 10.6. The second-order valence-electron chi connectivity index (χ2n) is 7.77. The number of piperidine rings is 1. The molecule has 3 heterocycles. The van der Waals surface area contributed by atoms with Gasteiger partial charge in [-0.2, -0.15) is 5.10 Å². The minimum absolute atomic E-state index is 0.0471. The van der Waals surface area contributed by atoms with E-state index >= 15 is 0 Å². The average Bonchev–Trinajstić information content (AvgIpc) is 3.41. The lowest BCUT2D eigenvalue weighted by Crippen LogP contribution is -2.41. The second-order valence-corrected chi connectivity index (χ2v) is 7.77. The Morgan fingerprint density at radius 1 is 1.13 bits per heavy atom. The Bertz CT molecular complexity index is 1030. The van der Waals surface area contributed by atoms with E-state index < -0.39 is 0 Å². The number of benzene rings is 1. The van der Waals surface area contributed by atoms with Gasteiger partial charge in [-0.25, -0.2) is 4.68 Å². The zero-order valence-corrected chi connectivity index (χ0v) is 17.8. The summed E-state index contributed by atoms with van der Waals surface area (Å²) < 4.78 is 7.15. The Labute approximate surface area is 181 Å². The van der Waals surface area contributed by atoms with Gasteiger partial charge in [-0.3, -0.25) is 9.59 Å². The molecule has 4 rings (SSSR count). The number of aryl methyl sites for hydroxylation is 1. The molecular weight excluding hydrogens is 394 g/mol. The number of hydrogen-bond acceptors (Lipinski definition) is 5. The van der Waals surface area contributed by atoms with E-state index in [1.165, 1.54) is 6.92 Å². The van der Waals surface area contributed by atoms with Crippen LogP contribution >= 0.6 is 0 Å².